The highest BCUT2D eigenvalue weighted by atomic mass is 19.3. The third-order valence-electron chi connectivity index (χ3n) is 5.01. The molecule has 2 N–H and O–H groups in total. The van der Waals surface area contributed by atoms with E-state index in [0.29, 0.717) is 12.5 Å². The smallest absolute Gasteiger partial charge is 0.340 e. The molecule has 0 atom stereocenters. The molecule has 7 heteroatoms. The predicted octanol–water partition coefficient (Wildman–Crippen LogP) is 5.90. The summed E-state index contributed by atoms with van der Waals surface area (Å²) in [6, 6.07) is 13.0. The van der Waals surface area contributed by atoms with Gasteiger partial charge in [0.25, 0.3) is 0 Å². The van der Waals surface area contributed by atoms with E-state index in [9.17, 15) is 17.6 Å². The number of hydrogen-bond acceptors (Lipinski definition) is 2. The van der Waals surface area contributed by atoms with Crippen LogP contribution in [-0.2, 0) is 13.0 Å². The Labute approximate surface area is 173 Å². The van der Waals surface area contributed by atoms with Gasteiger partial charge in [0.2, 0.25) is 0 Å². The second-order valence-corrected chi connectivity index (χ2v) is 7.70. The second kappa shape index (κ2) is 9.51. The maximum absolute atomic E-state index is 13.0. The van der Waals surface area contributed by atoms with Crippen LogP contribution in [0.15, 0.2) is 48.7 Å². The van der Waals surface area contributed by atoms with Gasteiger partial charge in [0.1, 0.15) is 5.75 Å². The first kappa shape index (κ1) is 22.2. The zero-order chi connectivity index (χ0) is 21.7. The molecular formula is C23H26F4N2O. The molecule has 3 rings (SSSR count). The molecule has 0 amide bonds. The Morgan fingerprint density at radius 1 is 1.10 bits per heavy atom. The summed E-state index contributed by atoms with van der Waals surface area (Å²) in [6.45, 7) is 4.24. The van der Waals surface area contributed by atoms with Gasteiger partial charge in [-0.05, 0) is 59.8 Å². The lowest BCUT2D eigenvalue weighted by atomic mass is 10.00. The Kier molecular flexibility index (Phi) is 7.02. The summed E-state index contributed by atoms with van der Waals surface area (Å²) in [4.78, 5) is 3.30. The average molecular weight is 422 g/mol. The summed E-state index contributed by atoms with van der Waals surface area (Å²) in [5.41, 5.74) is 4.46. The summed E-state index contributed by atoms with van der Waals surface area (Å²) in [6.07, 6.45) is -0.893. The van der Waals surface area contributed by atoms with Gasteiger partial charge in [0, 0.05) is 23.6 Å². The van der Waals surface area contributed by atoms with Crippen LogP contribution in [0.3, 0.4) is 0 Å². The molecule has 0 unspecified atom stereocenters. The summed E-state index contributed by atoms with van der Waals surface area (Å²) in [5, 5.41) is 4.54. The van der Waals surface area contributed by atoms with E-state index in [1.54, 1.807) is 12.1 Å². The minimum Gasteiger partial charge on any atom is -0.487 e. The van der Waals surface area contributed by atoms with E-state index in [4.69, 9.17) is 4.74 Å². The van der Waals surface area contributed by atoms with E-state index in [1.165, 1.54) is 22.6 Å². The van der Waals surface area contributed by atoms with Crippen LogP contribution in [0, 0.1) is 0 Å². The highest BCUT2D eigenvalue weighted by Crippen LogP contribution is 2.25. The van der Waals surface area contributed by atoms with Crippen molar-refractivity contribution in [1.29, 1.82) is 0 Å². The van der Waals surface area contributed by atoms with Crippen LogP contribution in [0.25, 0.3) is 10.9 Å². The lowest BCUT2D eigenvalue weighted by Crippen LogP contribution is -2.33. The van der Waals surface area contributed by atoms with Gasteiger partial charge in [-0.25, -0.2) is 8.78 Å². The van der Waals surface area contributed by atoms with Gasteiger partial charge in [-0.15, -0.1) is 0 Å². The highest BCUT2D eigenvalue weighted by Gasteiger charge is 2.41. The Hall–Kier alpha value is -2.54. The van der Waals surface area contributed by atoms with Gasteiger partial charge in [-0.3, -0.25) is 0 Å². The molecule has 1 heterocycles. The quantitative estimate of drug-likeness (QED) is 0.315. The number of aromatic nitrogens is 1. The molecule has 0 saturated heterocycles. The van der Waals surface area contributed by atoms with Crippen LogP contribution in [0.4, 0.5) is 17.6 Å². The van der Waals surface area contributed by atoms with Crippen molar-refractivity contribution in [2.24, 2.45) is 0 Å². The molecular weight excluding hydrogens is 396 g/mol. The zero-order valence-corrected chi connectivity index (χ0v) is 17.0. The number of fused-ring (bicyclic) bond motifs is 1. The molecule has 0 aliphatic carbocycles. The Bertz CT molecular complexity index is 969. The topological polar surface area (TPSA) is 37.0 Å². The lowest BCUT2D eigenvalue weighted by Gasteiger charge is -2.16. The van der Waals surface area contributed by atoms with Crippen molar-refractivity contribution in [1.82, 2.24) is 10.3 Å². The van der Waals surface area contributed by atoms with Crippen molar-refractivity contribution in [3.8, 4) is 5.75 Å². The predicted molar refractivity (Wildman–Crippen MR) is 111 cm³/mol. The molecule has 0 radical (unpaired) electrons. The van der Waals surface area contributed by atoms with Gasteiger partial charge in [0.15, 0.2) is 6.61 Å². The number of rotatable bonds is 10. The van der Waals surface area contributed by atoms with Crippen molar-refractivity contribution in [2.75, 3.05) is 13.2 Å². The van der Waals surface area contributed by atoms with E-state index in [-0.39, 0.29) is 5.75 Å². The van der Waals surface area contributed by atoms with E-state index in [0.717, 1.165) is 24.0 Å². The molecule has 30 heavy (non-hydrogen) atoms. The maximum atomic E-state index is 13.0. The minimum absolute atomic E-state index is 0.146. The van der Waals surface area contributed by atoms with Crippen molar-refractivity contribution in [3.63, 3.8) is 0 Å². The summed E-state index contributed by atoms with van der Waals surface area (Å²) in [7, 11) is 0. The van der Waals surface area contributed by atoms with Gasteiger partial charge in [-0.1, -0.05) is 32.0 Å². The molecule has 3 nitrogen and oxygen atoms in total. The fourth-order valence-corrected chi connectivity index (χ4v) is 3.21. The molecule has 2 aromatic carbocycles. The van der Waals surface area contributed by atoms with E-state index >= 15 is 0 Å². The molecule has 0 bridgehead atoms. The van der Waals surface area contributed by atoms with Gasteiger partial charge in [-0.2, -0.15) is 8.78 Å². The number of halogens is 4. The second-order valence-electron chi connectivity index (χ2n) is 7.70. The van der Waals surface area contributed by atoms with Crippen LogP contribution in [0.5, 0.6) is 5.75 Å². The number of hydrogen-bond donors (Lipinski definition) is 2. The Morgan fingerprint density at radius 2 is 1.90 bits per heavy atom. The number of ether oxygens (including phenoxy) is 1. The normalized spacial score (nSPS) is 12.3. The molecule has 162 valence electrons. The first-order valence-electron chi connectivity index (χ1n) is 9.94. The Balaban J connectivity index is 1.52. The number of alkyl halides is 4. The first-order chi connectivity index (χ1) is 14.3. The molecule has 0 aliphatic rings. The fourth-order valence-electron chi connectivity index (χ4n) is 3.21. The molecule has 0 fully saturated rings. The van der Waals surface area contributed by atoms with Crippen LogP contribution in [0.1, 0.15) is 36.5 Å². The van der Waals surface area contributed by atoms with Crippen LogP contribution < -0.4 is 10.1 Å². The number of H-pyrrole nitrogens is 1. The van der Waals surface area contributed by atoms with Crippen LogP contribution >= 0.6 is 0 Å². The molecule has 0 saturated carbocycles. The lowest BCUT2D eigenvalue weighted by molar-refractivity contribution is -0.148. The number of benzene rings is 2. The average Bonchev–Trinajstić information content (AvgIpc) is 3.12. The van der Waals surface area contributed by atoms with Crippen molar-refractivity contribution >= 4 is 10.9 Å². The molecule has 1 aromatic heterocycles. The summed E-state index contributed by atoms with van der Waals surface area (Å²) < 4.78 is 55.3. The monoisotopic (exact) mass is 422 g/mol. The molecule has 3 aromatic rings. The van der Waals surface area contributed by atoms with Gasteiger partial charge in [0.05, 0.1) is 0 Å². The third-order valence-corrected chi connectivity index (χ3v) is 5.01. The minimum atomic E-state index is -4.16. The summed E-state index contributed by atoms with van der Waals surface area (Å²) in [5.74, 6) is -3.55. The zero-order valence-electron chi connectivity index (χ0n) is 17.0. The summed E-state index contributed by atoms with van der Waals surface area (Å²) >= 11 is 0. The maximum Gasteiger partial charge on any atom is 0.340 e. The molecule has 0 spiro atoms. The van der Waals surface area contributed by atoms with Gasteiger partial charge >= 0.3 is 12.3 Å². The van der Waals surface area contributed by atoms with Crippen LogP contribution in [0.2, 0.25) is 0 Å². The van der Waals surface area contributed by atoms with Crippen molar-refractivity contribution < 1.29 is 22.3 Å². The number of aromatic amines is 1. The first-order valence-corrected chi connectivity index (χ1v) is 9.94. The SMILES string of the molecule is CC(C)c1ccc2[nH]cc(CCNCc3cccc(OCC(F)(F)C(F)F)c3)c2c1. The fraction of sp³-hybridized carbons (Fsp3) is 0.391. The standard InChI is InChI=1S/C23H26F4N2O/c1-15(2)17-6-7-21-20(11-17)18(13-29-21)8-9-28-12-16-4-3-5-19(10-16)30-14-23(26,27)22(24)25/h3-7,10-11,13,15,22,28-29H,8-9,12,14H2,1-2H3. The van der Waals surface area contributed by atoms with E-state index in [1.807, 2.05) is 12.3 Å². The third kappa shape index (κ3) is 5.53. The van der Waals surface area contributed by atoms with E-state index in [2.05, 4.69) is 42.3 Å². The van der Waals surface area contributed by atoms with Crippen molar-refractivity contribution in [2.45, 2.75) is 45.1 Å². The largest absolute Gasteiger partial charge is 0.487 e. The van der Waals surface area contributed by atoms with Crippen molar-refractivity contribution in [3.05, 3.63) is 65.4 Å². The van der Waals surface area contributed by atoms with Gasteiger partial charge < -0.3 is 15.0 Å². The highest BCUT2D eigenvalue weighted by molar-refractivity contribution is 5.84. The van der Waals surface area contributed by atoms with Crippen LogP contribution in [-0.4, -0.2) is 30.5 Å². The van der Waals surface area contributed by atoms with E-state index < -0.39 is 19.0 Å². The number of nitrogens with one attached hydrogen (secondary N) is 2. The Morgan fingerprint density at radius 3 is 2.63 bits per heavy atom. The molecule has 0 aliphatic heterocycles.